The predicted molar refractivity (Wildman–Crippen MR) is 55.3 cm³/mol. The van der Waals surface area contributed by atoms with E-state index in [1.165, 1.54) is 0 Å². The first-order valence-corrected chi connectivity index (χ1v) is 5.15. The van der Waals surface area contributed by atoms with Crippen LogP contribution in [-0.2, 0) is 4.74 Å². The van der Waals surface area contributed by atoms with Crippen LogP contribution >= 0.6 is 0 Å². The molecule has 0 radical (unpaired) electrons. The summed E-state index contributed by atoms with van der Waals surface area (Å²) in [6.07, 6.45) is 0.438. The van der Waals surface area contributed by atoms with Crippen LogP contribution < -0.4 is 0 Å². The van der Waals surface area contributed by atoms with Gasteiger partial charge in [-0.1, -0.05) is 12.0 Å². The number of hydrogen-bond acceptors (Lipinski definition) is 3. The number of hydrogen-bond donors (Lipinski definition) is 0. The van der Waals surface area contributed by atoms with Crippen molar-refractivity contribution in [2.24, 2.45) is 11.0 Å². The standard InChI is InChI=1S/C9H16N4O2/c1-3-15-9(14)13-5-4-8(11-12-10)7(2)6-13/h7-8H,3-6H2,1-2H3/t7-,8+/m1/s1. The number of likely N-dealkylation sites (tertiary alicyclic amines) is 1. The van der Waals surface area contributed by atoms with E-state index in [0.717, 1.165) is 0 Å². The number of azide groups is 1. The summed E-state index contributed by atoms with van der Waals surface area (Å²) in [7, 11) is 0. The minimum absolute atomic E-state index is 0.000626. The molecule has 1 rings (SSSR count). The van der Waals surface area contributed by atoms with Gasteiger partial charge in [-0.2, -0.15) is 0 Å². The summed E-state index contributed by atoms with van der Waals surface area (Å²) in [5, 5.41) is 3.71. The molecule has 1 aliphatic rings. The highest BCUT2D eigenvalue weighted by atomic mass is 16.6. The van der Waals surface area contributed by atoms with Gasteiger partial charge in [0.2, 0.25) is 0 Å². The Morgan fingerprint density at radius 3 is 3.00 bits per heavy atom. The van der Waals surface area contributed by atoms with E-state index in [4.69, 9.17) is 10.3 Å². The number of amides is 1. The van der Waals surface area contributed by atoms with E-state index in [0.29, 0.717) is 26.1 Å². The quantitative estimate of drug-likeness (QED) is 0.399. The maximum absolute atomic E-state index is 11.4. The third kappa shape index (κ3) is 3.02. The zero-order valence-corrected chi connectivity index (χ0v) is 9.09. The molecule has 0 aliphatic carbocycles. The zero-order chi connectivity index (χ0) is 11.3. The molecule has 1 saturated heterocycles. The SMILES string of the molecule is CCOC(=O)N1CC[C@H](N=[N+]=[N-])[C@H](C)C1. The van der Waals surface area contributed by atoms with Gasteiger partial charge in [0.15, 0.2) is 0 Å². The van der Waals surface area contributed by atoms with Crippen molar-refractivity contribution in [3.8, 4) is 0 Å². The first kappa shape index (κ1) is 11.7. The second kappa shape index (κ2) is 5.46. The Morgan fingerprint density at radius 1 is 1.73 bits per heavy atom. The molecule has 0 unspecified atom stereocenters. The molecule has 1 aliphatic heterocycles. The molecule has 0 aromatic heterocycles. The van der Waals surface area contributed by atoms with Crippen molar-refractivity contribution in [3.05, 3.63) is 10.4 Å². The van der Waals surface area contributed by atoms with Crippen molar-refractivity contribution < 1.29 is 9.53 Å². The summed E-state index contributed by atoms with van der Waals surface area (Å²) in [5.41, 5.74) is 8.35. The summed E-state index contributed by atoms with van der Waals surface area (Å²) < 4.78 is 4.91. The molecule has 6 nitrogen and oxygen atoms in total. The second-order valence-electron chi connectivity index (χ2n) is 3.68. The first-order chi connectivity index (χ1) is 7.19. The van der Waals surface area contributed by atoms with Gasteiger partial charge in [0.25, 0.3) is 0 Å². The molecule has 1 fully saturated rings. The first-order valence-electron chi connectivity index (χ1n) is 5.15. The monoisotopic (exact) mass is 212 g/mol. The highest BCUT2D eigenvalue weighted by Crippen LogP contribution is 2.20. The van der Waals surface area contributed by atoms with Crippen LogP contribution in [0.25, 0.3) is 10.4 Å². The Labute approximate surface area is 88.8 Å². The van der Waals surface area contributed by atoms with Crippen LogP contribution in [0.15, 0.2) is 5.11 Å². The minimum Gasteiger partial charge on any atom is -0.450 e. The number of carbonyl (C=O) groups excluding carboxylic acids is 1. The van der Waals surface area contributed by atoms with Gasteiger partial charge >= 0.3 is 6.09 Å². The van der Waals surface area contributed by atoms with Crippen molar-refractivity contribution in [2.75, 3.05) is 19.7 Å². The molecule has 0 bridgehead atoms. The molecular weight excluding hydrogens is 196 g/mol. The lowest BCUT2D eigenvalue weighted by molar-refractivity contribution is 0.0862. The van der Waals surface area contributed by atoms with Crippen LogP contribution in [0.1, 0.15) is 20.3 Å². The molecular formula is C9H16N4O2. The van der Waals surface area contributed by atoms with Crippen molar-refractivity contribution in [3.63, 3.8) is 0 Å². The number of rotatable bonds is 2. The van der Waals surface area contributed by atoms with Gasteiger partial charge in [0, 0.05) is 24.0 Å². The van der Waals surface area contributed by atoms with Gasteiger partial charge in [-0.15, -0.1) is 0 Å². The molecule has 1 amide bonds. The summed E-state index contributed by atoms with van der Waals surface area (Å²) in [6, 6.07) is 0.000626. The van der Waals surface area contributed by atoms with Crippen LogP contribution in [0.4, 0.5) is 4.79 Å². The topological polar surface area (TPSA) is 78.3 Å². The fourth-order valence-electron chi connectivity index (χ4n) is 1.75. The van der Waals surface area contributed by atoms with Crippen LogP contribution in [0.2, 0.25) is 0 Å². The van der Waals surface area contributed by atoms with Crippen molar-refractivity contribution in [1.82, 2.24) is 4.90 Å². The van der Waals surface area contributed by atoms with E-state index in [1.54, 1.807) is 11.8 Å². The van der Waals surface area contributed by atoms with Gasteiger partial charge in [-0.05, 0) is 24.8 Å². The zero-order valence-electron chi connectivity index (χ0n) is 9.09. The second-order valence-corrected chi connectivity index (χ2v) is 3.68. The predicted octanol–water partition coefficient (Wildman–Crippen LogP) is 2.16. The molecule has 2 atom stereocenters. The third-order valence-electron chi connectivity index (χ3n) is 2.59. The lowest BCUT2D eigenvalue weighted by atomic mass is 9.95. The molecule has 0 N–H and O–H groups in total. The van der Waals surface area contributed by atoms with Gasteiger partial charge in [-0.3, -0.25) is 0 Å². The van der Waals surface area contributed by atoms with Gasteiger partial charge in [0.05, 0.1) is 6.61 Å². The Morgan fingerprint density at radius 2 is 2.47 bits per heavy atom. The Hall–Kier alpha value is -1.42. The summed E-state index contributed by atoms with van der Waals surface area (Å²) in [4.78, 5) is 15.9. The van der Waals surface area contributed by atoms with E-state index >= 15 is 0 Å². The lowest BCUT2D eigenvalue weighted by Gasteiger charge is -2.33. The van der Waals surface area contributed by atoms with Crippen LogP contribution in [0.5, 0.6) is 0 Å². The van der Waals surface area contributed by atoms with Crippen LogP contribution in [-0.4, -0.2) is 36.7 Å². The molecule has 1 heterocycles. The van der Waals surface area contributed by atoms with E-state index in [9.17, 15) is 4.79 Å². The highest BCUT2D eigenvalue weighted by Gasteiger charge is 2.28. The number of nitrogens with zero attached hydrogens (tertiary/aromatic N) is 4. The molecule has 0 saturated carbocycles. The normalized spacial score (nSPS) is 25.6. The lowest BCUT2D eigenvalue weighted by Crippen LogP contribution is -2.44. The smallest absolute Gasteiger partial charge is 0.409 e. The third-order valence-corrected chi connectivity index (χ3v) is 2.59. The molecule has 6 heteroatoms. The van der Waals surface area contributed by atoms with Crippen molar-refractivity contribution >= 4 is 6.09 Å². The van der Waals surface area contributed by atoms with Crippen molar-refractivity contribution in [1.29, 1.82) is 0 Å². The average Bonchev–Trinajstić information content (AvgIpc) is 2.21. The Balaban J connectivity index is 2.50. The van der Waals surface area contributed by atoms with Crippen LogP contribution in [0.3, 0.4) is 0 Å². The molecule has 0 aromatic carbocycles. The maximum Gasteiger partial charge on any atom is 0.409 e. The maximum atomic E-state index is 11.4. The Bertz CT molecular complexity index is 275. The van der Waals surface area contributed by atoms with Crippen LogP contribution in [0, 0.1) is 5.92 Å². The van der Waals surface area contributed by atoms with Gasteiger partial charge in [0.1, 0.15) is 0 Å². The van der Waals surface area contributed by atoms with E-state index in [-0.39, 0.29) is 18.1 Å². The fraction of sp³-hybridized carbons (Fsp3) is 0.889. The Kier molecular flexibility index (Phi) is 4.24. The average molecular weight is 212 g/mol. The van der Waals surface area contributed by atoms with E-state index in [1.807, 2.05) is 6.92 Å². The van der Waals surface area contributed by atoms with Crippen molar-refractivity contribution in [2.45, 2.75) is 26.3 Å². The number of ether oxygens (including phenoxy) is 1. The minimum atomic E-state index is -0.274. The summed E-state index contributed by atoms with van der Waals surface area (Å²) >= 11 is 0. The van der Waals surface area contributed by atoms with E-state index in [2.05, 4.69) is 10.0 Å². The summed E-state index contributed by atoms with van der Waals surface area (Å²) in [6.45, 7) is 5.36. The molecule has 0 aromatic rings. The molecule has 15 heavy (non-hydrogen) atoms. The fourth-order valence-corrected chi connectivity index (χ4v) is 1.75. The van der Waals surface area contributed by atoms with Gasteiger partial charge in [-0.25, -0.2) is 4.79 Å². The molecule has 0 spiro atoms. The summed E-state index contributed by atoms with van der Waals surface area (Å²) in [5.74, 6) is 0.194. The molecule has 84 valence electrons. The largest absolute Gasteiger partial charge is 0.450 e. The van der Waals surface area contributed by atoms with Gasteiger partial charge < -0.3 is 9.64 Å². The number of piperidine rings is 1. The number of carbonyl (C=O) groups is 1. The highest BCUT2D eigenvalue weighted by molar-refractivity contribution is 5.67. The van der Waals surface area contributed by atoms with E-state index < -0.39 is 0 Å².